The molecule has 1 aromatic rings. The molecule has 1 N–H and O–H groups in total. The zero-order valence-electron chi connectivity index (χ0n) is 12.8. The number of fused-ring (bicyclic) bond motifs is 2. The van der Waals surface area contributed by atoms with Gasteiger partial charge >= 0.3 is 6.18 Å². The molecule has 0 aliphatic carbocycles. The molecule has 2 aliphatic rings. The number of benzene rings is 1. The van der Waals surface area contributed by atoms with Gasteiger partial charge < -0.3 is 10.2 Å². The van der Waals surface area contributed by atoms with Gasteiger partial charge in [0, 0.05) is 30.7 Å². The van der Waals surface area contributed by atoms with Gasteiger partial charge in [-0.1, -0.05) is 0 Å². The molecule has 0 saturated carbocycles. The summed E-state index contributed by atoms with van der Waals surface area (Å²) in [7, 11) is 1.75. The number of alkyl halides is 3. The van der Waals surface area contributed by atoms with Crippen molar-refractivity contribution >= 4 is 18.3 Å². The summed E-state index contributed by atoms with van der Waals surface area (Å²) in [5, 5.41) is 3.51. The largest absolute Gasteiger partial charge is 0.416 e. The van der Waals surface area contributed by atoms with Crippen LogP contribution >= 0.6 is 12.4 Å². The lowest BCUT2D eigenvalue weighted by molar-refractivity contribution is -0.137. The summed E-state index contributed by atoms with van der Waals surface area (Å²) < 4.78 is 37.7. The first-order chi connectivity index (χ1) is 10.3. The smallest absolute Gasteiger partial charge is 0.339 e. The van der Waals surface area contributed by atoms with Crippen molar-refractivity contribution in [1.82, 2.24) is 10.2 Å². The number of hydrogen-bond donors (Lipinski definition) is 1. The van der Waals surface area contributed by atoms with Crippen molar-refractivity contribution in [3.05, 3.63) is 35.4 Å². The van der Waals surface area contributed by atoms with Crippen LogP contribution in [0.5, 0.6) is 0 Å². The third-order valence-electron chi connectivity index (χ3n) is 4.78. The van der Waals surface area contributed by atoms with E-state index in [-0.39, 0.29) is 24.4 Å². The van der Waals surface area contributed by atoms with Gasteiger partial charge in [-0.05, 0) is 49.9 Å². The lowest BCUT2D eigenvalue weighted by atomic mass is 9.98. The van der Waals surface area contributed by atoms with Crippen molar-refractivity contribution in [2.24, 2.45) is 0 Å². The van der Waals surface area contributed by atoms with Crippen LogP contribution in [0.2, 0.25) is 0 Å². The first kappa shape index (κ1) is 18.1. The number of amides is 1. The van der Waals surface area contributed by atoms with Crippen molar-refractivity contribution in [2.45, 2.75) is 50.0 Å². The molecule has 2 heterocycles. The van der Waals surface area contributed by atoms with Crippen molar-refractivity contribution in [2.75, 3.05) is 7.05 Å². The SMILES string of the molecule is CN(C(=O)c1ccc(C(F)(F)F)cc1)C1CC2CCC(C1)N2.Cl. The fraction of sp³-hybridized carbons (Fsp3) is 0.562. The van der Waals surface area contributed by atoms with Crippen molar-refractivity contribution in [3.8, 4) is 0 Å². The Morgan fingerprint density at radius 1 is 1.13 bits per heavy atom. The van der Waals surface area contributed by atoms with Crippen LogP contribution in [0, 0.1) is 0 Å². The highest BCUT2D eigenvalue weighted by Gasteiger charge is 2.36. The topological polar surface area (TPSA) is 32.3 Å². The molecule has 3 nitrogen and oxygen atoms in total. The lowest BCUT2D eigenvalue weighted by Gasteiger charge is -2.35. The zero-order chi connectivity index (χ0) is 15.9. The van der Waals surface area contributed by atoms with E-state index in [1.165, 1.54) is 12.1 Å². The monoisotopic (exact) mass is 348 g/mol. The van der Waals surface area contributed by atoms with E-state index in [1.807, 2.05) is 0 Å². The Labute approximate surface area is 139 Å². The summed E-state index contributed by atoms with van der Waals surface area (Å²) in [6, 6.07) is 5.54. The predicted octanol–water partition coefficient (Wildman–Crippen LogP) is 3.48. The van der Waals surface area contributed by atoms with Crippen LogP contribution in [-0.2, 0) is 6.18 Å². The van der Waals surface area contributed by atoms with Crippen LogP contribution in [0.4, 0.5) is 13.2 Å². The summed E-state index contributed by atoms with van der Waals surface area (Å²) in [6.45, 7) is 0. The molecule has 2 saturated heterocycles. The van der Waals surface area contributed by atoms with E-state index in [0.717, 1.165) is 37.8 Å². The predicted molar refractivity (Wildman–Crippen MR) is 83.8 cm³/mol. The van der Waals surface area contributed by atoms with Crippen molar-refractivity contribution < 1.29 is 18.0 Å². The molecule has 128 valence electrons. The Morgan fingerprint density at radius 2 is 1.65 bits per heavy atom. The first-order valence-electron chi connectivity index (χ1n) is 7.55. The maximum atomic E-state index is 12.6. The number of carbonyl (C=O) groups is 1. The Hall–Kier alpha value is -1.27. The highest BCUT2D eigenvalue weighted by Crippen LogP contribution is 2.31. The highest BCUT2D eigenvalue weighted by atomic mass is 35.5. The van der Waals surface area contributed by atoms with E-state index in [0.29, 0.717) is 17.6 Å². The van der Waals surface area contributed by atoms with E-state index >= 15 is 0 Å². The van der Waals surface area contributed by atoms with E-state index in [1.54, 1.807) is 11.9 Å². The molecule has 2 aliphatic heterocycles. The Bertz CT molecular complexity index is 549. The summed E-state index contributed by atoms with van der Waals surface area (Å²) in [5.41, 5.74) is -0.423. The van der Waals surface area contributed by atoms with Gasteiger partial charge in [0.2, 0.25) is 0 Å². The van der Waals surface area contributed by atoms with Gasteiger partial charge in [-0.25, -0.2) is 0 Å². The molecule has 0 spiro atoms. The summed E-state index contributed by atoms with van der Waals surface area (Å²) in [4.78, 5) is 14.2. The fourth-order valence-electron chi connectivity index (χ4n) is 3.51. The van der Waals surface area contributed by atoms with Crippen LogP contribution in [0.25, 0.3) is 0 Å². The number of rotatable bonds is 2. The van der Waals surface area contributed by atoms with E-state index in [2.05, 4.69) is 5.32 Å². The molecule has 2 atom stereocenters. The van der Waals surface area contributed by atoms with Gasteiger partial charge in [0.15, 0.2) is 0 Å². The maximum Gasteiger partial charge on any atom is 0.416 e. The van der Waals surface area contributed by atoms with Crippen LogP contribution in [0.3, 0.4) is 0 Å². The van der Waals surface area contributed by atoms with E-state index < -0.39 is 11.7 Å². The minimum absolute atomic E-state index is 0. The van der Waals surface area contributed by atoms with Crippen molar-refractivity contribution in [1.29, 1.82) is 0 Å². The molecule has 0 radical (unpaired) electrons. The van der Waals surface area contributed by atoms with Gasteiger partial charge in [-0.2, -0.15) is 13.2 Å². The van der Waals surface area contributed by atoms with Crippen LogP contribution in [-0.4, -0.2) is 36.0 Å². The molecule has 2 fully saturated rings. The van der Waals surface area contributed by atoms with Crippen molar-refractivity contribution in [3.63, 3.8) is 0 Å². The number of halogens is 4. The molecule has 3 rings (SSSR count). The number of nitrogens with one attached hydrogen (secondary N) is 1. The number of nitrogens with zero attached hydrogens (tertiary/aromatic N) is 1. The van der Waals surface area contributed by atoms with Gasteiger partial charge in [0.25, 0.3) is 5.91 Å². The number of carbonyl (C=O) groups excluding carboxylic acids is 1. The molecule has 2 bridgehead atoms. The van der Waals surface area contributed by atoms with Gasteiger partial charge in [0.1, 0.15) is 0 Å². The molecule has 1 amide bonds. The quantitative estimate of drug-likeness (QED) is 0.887. The summed E-state index contributed by atoms with van der Waals surface area (Å²) in [6.07, 6.45) is -0.257. The van der Waals surface area contributed by atoms with Gasteiger partial charge in [-0.15, -0.1) is 12.4 Å². The Kier molecular flexibility index (Phi) is 5.26. The third-order valence-corrected chi connectivity index (χ3v) is 4.78. The van der Waals surface area contributed by atoms with Gasteiger partial charge in [-0.3, -0.25) is 4.79 Å². The third kappa shape index (κ3) is 3.80. The zero-order valence-corrected chi connectivity index (χ0v) is 13.6. The molecular weight excluding hydrogens is 329 g/mol. The summed E-state index contributed by atoms with van der Waals surface area (Å²) >= 11 is 0. The molecule has 1 aromatic carbocycles. The second-order valence-corrected chi connectivity index (χ2v) is 6.25. The average Bonchev–Trinajstić information content (AvgIpc) is 2.83. The van der Waals surface area contributed by atoms with E-state index in [4.69, 9.17) is 0 Å². The molecule has 23 heavy (non-hydrogen) atoms. The fourth-order valence-corrected chi connectivity index (χ4v) is 3.51. The molecule has 2 unspecified atom stereocenters. The molecular formula is C16H20ClF3N2O. The standard InChI is InChI=1S/C16H19F3N2O.ClH/c1-21(14-8-12-6-7-13(9-14)20-12)15(22)10-2-4-11(5-3-10)16(17,18)19;/h2-5,12-14,20H,6-9H2,1H3;1H. The maximum absolute atomic E-state index is 12.6. The lowest BCUT2D eigenvalue weighted by Crippen LogP contribution is -2.48. The van der Waals surface area contributed by atoms with Crippen LogP contribution in [0.1, 0.15) is 41.6 Å². The van der Waals surface area contributed by atoms with Crippen LogP contribution < -0.4 is 5.32 Å². The number of hydrogen-bond acceptors (Lipinski definition) is 2. The minimum Gasteiger partial charge on any atom is -0.339 e. The Balaban J connectivity index is 0.00000192. The second-order valence-electron chi connectivity index (χ2n) is 6.25. The van der Waals surface area contributed by atoms with Gasteiger partial charge in [0.05, 0.1) is 5.56 Å². The Morgan fingerprint density at radius 3 is 2.13 bits per heavy atom. The normalized spacial score (nSPS) is 26.5. The minimum atomic E-state index is -4.37. The van der Waals surface area contributed by atoms with E-state index in [9.17, 15) is 18.0 Å². The first-order valence-corrected chi connectivity index (χ1v) is 7.55. The van der Waals surface area contributed by atoms with Crippen LogP contribution in [0.15, 0.2) is 24.3 Å². The summed E-state index contributed by atoms with van der Waals surface area (Å²) in [5.74, 6) is -0.208. The highest BCUT2D eigenvalue weighted by molar-refractivity contribution is 5.94. The molecule has 0 aromatic heterocycles. The second kappa shape index (κ2) is 6.69. The molecule has 7 heteroatoms. The average molecular weight is 349 g/mol. The number of piperidine rings is 1.